The van der Waals surface area contributed by atoms with Crippen LogP contribution in [0.5, 0.6) is 17.2 Å². The molecule has 5 atom stereocenters. The molecule has 3 heterocycles. The number of carbonyl (C=O) groups excluding carboxylic acids is 2. The predicted octanol–water partition coefficient (Wildman–Crippen LogP) is 5.12. The van der Waals surface area contributed by atoms with Crippen LogP contribution < -0.4 is 14.2 Å². The molecule has 3 aliphatic carbocycles. The highest BCUT2D eigenvalue weighted by Gasteiger charge is 2.81. The number of ether oxygens (including phenoxy) is 4. The van der Waals surface area contributed by atoms with Crippen LogP contribution in [0.1, 0.15) is 77.2 Å². The number of methoxy groups -OCH3 is 1. The van der Waals surface area contributed by atoms with E-state index in [1.54, 1.807) is 13.2 Å². The maximum absolute atomic E-state index is 14.4. The number of ketones is 2. The van der Waals surface area contributed by atoms with E-state index in [1.807, 2.05) is 46.8 Å². The lowest BCUT2D eigenvalue weighted by atomic mass is 9.51. The normalized spacial score (nSPS) is 36.5. The highest BCUT2D eigenvalue weighted by Crippen LogP contribution is 2.69. The standard InChI is InChI=1S/C29H34O6/c1-14(2)9-10-28-25(31)16-11-17-23(30)21-18(32-8)13-19-22(26(4,5)15(3)33-19)24(21)34-29(17,28)20(12-16)27(6,7)35-28/h9,11,13,15-16,20H,10,12H2,1-8H3/t15-,16+,20-,28+,29+/m0/s1. The lowest BCUT2D eigenvalue weighted by Crippen LogP contribution is -2.72. The van der Waals surface area contributed by atoms with E-state index in [0.29, 0.717) is 41.2 Å². The zero-order chi connectivity index (χ0) is 25.3. The zero-order valence-electron chi connectivity index (χ0n) is 21.8. The first-order valence-corrected chi connectivity index (χ1v) is 12.6. The molecule has 4 bridgehead atoms. The number of fused-ring (bicyclic) bond motifs is 3. The second-order valence-electron chi connectivity index (χ2n) is 12.2. The minimum atomic E-state index is -1.26. The van der Waals surface area contributed by atoms with Crippen molar-refractivity contribution in [2.45, 2.75) is 89.6 Å². The van der Waals surface area contributed by atoms with Crippen molar-refractivity contribution < 1.29 is 28.5 Å². The summed E-state index contributed by atoms with van der Waals surface area (Å²) in [5.41, 5.74) is -0.582. The Labute approximate surface area is 206 Å². The highest BCUT2D eigenvalue weighted by atomic mass is 16.6. The molecule has 0 aromatic heterocycles. The van der Waals surface area contributed by atoms with Gasteiger partial charge in [0.05, 0.1) is 12.7 Å². The minimum Gasteiger partial charge on any atom is -0.496 e. The zero-order valence-corrected chi connectivity index (χ0v) is 21.8. The molecule has 6 aliphatic rings. The molecule has 1 spiro atoms. The van der Waals surface area contributed by atoms with Crippen LogP contribution in [0.15, 0.2) is 29.4 Å². The number of hydrogen-bond acceptors (Lipinski definition) is 6. The maximum atomic E-state index is 14.4. The molecule has 35 heavy (non-hydrogen) atoms. The first-order valence-electron chi connectivity index (χ1n) is 12.6. The Hall–Kier alpha value is -2.60. The van der Waals surface area contributed by atoms with E-state index < -0.39 is 22.2 Å². The summed E-state index contributed by atoms with van der Waals surface area (Å²) >= 11 is 0. The Balaban J connectivity index is 1.69. The van der Waals surface area contributed by atoms with Gasteiger partial charge in [-0.1, -0.05) is 31.6 Å². The van der Waals surface area contributed by atoms with Crippen molar-refractivity contribution in [2.24, 2.45) is 11.8 Å². The summed E-state index contributed by atoms with van der Waals surface area (Å²) in [5, 5.41) is 0. The van der Waals surface area contributed by atoms with E-state index >= 15 is 0 Å². The number of hydrogen-bond donors (Lipinski definition) is 0. The van der Waals surface area contributed by atoms with Crippen LogP contribution in [0.4, 0.5) is 0 Å². The van der Waals surface area contributed by atoms with E-state index in [2.05, 4.69) is 13.8 Å². The van der Waals surface area contributed by atoms with Gasteiger partial charge in [0.1, 0.15) is 28.9 Å². The van der Waals surface area contributed by atoms with Gasteiger partial charge < -0.3 is 18.9 Å². The third kappa shape index (κ3) is 2.44. The van der Waals surface area contributed by atoms with E-state index in [-0.39, 0.29) is 29.5 Å². The average molecular weight is 479 g/mol. The van der Waals surface area contributed by atoms with Gasteiger partial charge in [0, 0.05) is 40.9 Å². The number of allylic oxidation sites excluding steroid dienone is 2. The van der Waals surface area contributed by atoms with E-state index in [9.17, 15) is 9.59 Å². The van der Waals surface area contributed by atoms with Gasteiger partial charge in [0.25, 0.3) is 0 Å². The fraction of sp³-hybridized carbons (Fsp3) is 0.586. The highest BCUT2D eigenvalue weighted by molar-refractivity contribution is 6.18. The summed E-state index contributed by atoms with van der Waals surface area (Å²) in [4.78, 5) is 28.4. The molecule has 1 aromatic rings. The van der Waals surface area contributed by atoms with Crippen molar-refractivity contribution >= 4 is 11.6 Å². The average Bonchev–Trinajstić information content (AvgIpc) is 3.10. The molecule has 3 aliphatic heterocycles. The summed E-state index contributed by atoms with van der Waals surface area (Å²) in [6.45, 7) is 14.3. The molecule has 0 unspecified atom stereocenters. The Morgan fingerprint density at radius 3 is 2.57 bits per heavy atom. The molecule has 1 saturated heterocycles. The van der Waals surface area contributed by atoms with Crippen LogP contribution in [0.2, 0.25) is 0 Å². The second kappa shape index (κ2) is 6.58. The number of rotatable bonds is 3. The summed E-state index contributed by atoms with van der Waals surface area (Å²) in [6.07, 6.45) is 4.75. The largest absolute Gasteiger partial charge is 0.496 e. The molecule has 6 heteroatoms. The molecule has 2 fully saturated rings. The van der Waals surface area contributed by atoms with Crippen molar-refractivity contribution in [2.75, 3.05) is 7.11 Å². The van der Waals surface area contributed by atoms with Crippen LogP contribution in [0.25, 0.3) is 0 Å². The fourth-order valence-corrected chi connectivity index (χ4v) is 7.31. The van der Waals surface area contributed by atoms with E-state index in [1.165, 1.54) is 0 Å². The second-order valence-corrected chi connectivity index (χ2v) is 12.2. The molecular formula is C29H34O6. The van der Waals surface area contributed by atoms with Crippen LogP contribution in [0.3, 0.4) is 0 Å². The third-order valence-electron chi connectivity index (χ3n) is 9.29. The molecule has 186 valence electrons. The smallest absolute Gasteiger partial charge is 0.200 e. The topological polar surface area (TPSA) is 71.1 Å². The van der Waals surface area contributed by atoms with Gasteiger partial charge in [-0.25, -0.2) is 0 Å². The Kier molecular flexibility index (Phi) is 4.29. The molecule has 1 saturated carbocycles. The molecule has 1 aromatic carbocycles. The van der Waals surface area contributed by atoms with Crippen LogP contribution in [0, 0.1) is 11.8 Å². The van der Waals surface area contributed by atoms with Crippen LogP contribution in [-0.2, 0) is 14.9 Å². The van der Waals surface area contributed by atoms with E-state index in [0.717, 1.165) is 11.1 Å². The predicted molar refractivity (Wildman–Crippen MR) is 130 cm³/mol. The quantitative estimate of drug-likeness (QED) is 0.562. The van der Waals surface area contributed by atoms with Gasteiger partial charge in [0.2, 0.25) is 0 Å². The summed E-state index contributed by atoms with van der Waals surface area (Å²) in [5.74, 6) is 0.950. The van der Waals surface area contributed by atoms with Gasteiger partial charge >= 0.3 is 0 Å². The lowest BCUT2D eigenvalue weighted by Gasteiger charge is -2.56. The Morgan fingerprint density at radius 1 is 1.20 bits per heavy atom. The van der Waals surface area contributed by atoms with Gasteiger partial charge in [-0.15, -0.1) is 0 Å². The van der Waals surface area contributed by atoms with E-state index in [4.69, 9.17) is 18.9 Å². The molecule has 6 nitrogen and oxygen atoms in total. The van der Waals surface area contributed by atoms with Crippen molar-refractivity contribution in [3.05, 3.63) is 40.5 Å². The van der Waals surface area contributed by atoms with Gasteiger partial charge in [-0.05, 0) is 41.0 Å². The number of Topliss-reactive ketones (excluding diaryl/α,β-unsaturated/α-hetero) is 2. The van der Waals surface area contributed by atoms with Crippen LogP contribution in [-0.4, -0.2) is 41.6 Å². The number of carbonyl (C=O) groups is 2. The first kappa shape index (κ1) is 22.8. The monoisotopic (exact) mass is 478 g/mol. The number of benzene rings is 1. The lowest BCUT2D eigenvalue weighted by molar-refractivity contribution is -0.171. The first-order chi connectivity index (χ1) is 16.3. The van der Waals surface area contributed by atoms with Gasteiger partial charge in [-0.2, -0.15) is 0 Å². The van der Waals surface area contributed by atoms with Crippen molar-refractivity contribution in [3.63, 3.8) is 0 Å². The van der Waals surface area contributed by atoms with Crippen LogP contribution >= 0.6 is 0 Å². The summed E-state index contributed by atoms with van der Waals surface area (Å²) in [7, 11) is 1.56. The third-order valence-corrected chi connectivity index (χ3v) is 9.29. The molecule has 0 N–H and O–H groups in total. The molecule has 7 rings (SSSR count). The fourth-order valence-electron chi connectivity index (χ4n) is 7.31. The minimum absolute atomic E-state index is 0.0141. The summed E-state index contributed by atoms with van der Waals surface area (Å²) in [6, 6.07) is 1.81. The Bertz CT molecular complexity index is 1260. The maximum Gasteiger partial charge on any atom is 0.200 e. The van der Waals surface area contributed by atoms with Crippen molar-refractivity contribution in [1.82, 2.24) is 0 Å². The van der Waals surface area contributed by atoms with Gasteiger partial charge in [-0.3, -0.25) is 9.59 Å². The summed E-state index contributed by atoms with van der Waals surface area (Å²) < 4.78 is 25.8. The SMILES string of the molecule is COc1cc2c(c3c1C(=O)C1=C[C@@H]4C[C@H]5C(C)(C)O[C@](CC=C(C)C)(C4=O)[C@@]15O3)C(C)(C)[C@H](C)O2. The molecule has 0 amide bonds. The molecule has 0 radical (unpaired) electrons. The van der Waals surface area contributed by atoms with Crippen molar-refractivity contribution in [1.29, 1.82) is 0 Å². The Morgan fingerprint density at radius 2 is 1.91 bits per heavy atom. The van der Waals surface area contributed by atoms with Crippen molar-refractivity contribution in [3.8, 4) is 17.2 Å². The van der Waals surface area contributed by atoms with Gasteiger partial charge in [0.15, 0.2) is 22.8 Å². The molecular weight excluding hydrogens is 444 g/mol.